The summed E-state index contributed by atoms with van der Waals surface area (Å²) in [5, 5.41) is 4.49. The molecule has 0 amide bonds. The molecule has 2 heterocycles. The first-order chi connectivity index (χ1) is 8.08. The molecule has 0 radical (unpaired) electrons. The lowest BCUT2D eigenvalue weighted by molar-refractivity contribution is 0.770. The van der Waals surface area contributed by atoms with Gasteiger partial charge in [0.2, 0.25) is 5.78 Å². The van der Waals surface area contributed by atoms with Crippen LogP contribution in [0.2, 0.25) is 0 Å². The molecule has 90 valence electrons. The fourth-order valence-corrected chi connectivity index (χ4v) is 2.28. The summed E-state index contributed by atoms with van der Waals surface area (Å²) in [5.41, 5.74) is 1.66. The fourth-order valence-electron chi connectivity index (χ4n) is 2.28. The average molecular weight is 232 g/mol. The molecule has 0 aliphatic heterocycles. The Kier molecular flexibility index (Phi) is 2.11. The summed E-state index contributed by atoms with van der Waals surface area (Å²) in [4.78, 5) is 19.2. The molecule has 0 unspecified atom stereocenters. The Morgan fingerprint density at radius 2 is 2.12 bits per heavy atom. The molecule has 5 heteroatoms. The minimum atomic E-state index is -0.0419. The van der Waals surface area contributed by atoms with Crippen molar-refractivity contribution in [2.24, 2.45) is 0 Å². The van der Waals surface area contributed by atoms with Gasteiger partial charge in [-0.25, -0.2) is 4.52 Å². The second kappa shape index (κ2) is 3.42. The number of fused-ring (bicyclic) bond motifs is 1. The van der Waals surface area contributed by atoms with Crippen molar-refractivity contribution < 1.29 is 0 Å². The lowest BCUT2D eigenvalue weighted by Gasteiger charge is -2.08. The van der Waals surface area contributed by atoms with E-state index in [9.17, 15) is 4.79 Å². The van der Waals surface area contributed by atoms with Gasteiger partial charge in [0.25, 0.3) is 5.56 Å². The molecular formula is C12H16N4O. The zero-order chi connectivity index (χ0) is 12.2. The maximum atomic E-state index is 12.0. The monoisotopic (exact) mass is 232 g/mol. The van der Waals surface area contributed by atoms with Crippen LogP contribution in [0.3, 0.4) is 0 Å². The van der Waals surface area contributed by atoms with Gasteiger partial charge in [-0.1, -0.05) is 13.8 Å². The number of nitrogens with one attached hydrogen (secondary N) is 1. The number of aryl methyl sites for hydroxylation is 1. The van der Waals surface area contributed by atoms with Crippen molar-refractivity contribution >= 4 is 5.78 Å². The Morgan fingerprint density at radius 3 is 2.71 bits per heavy atom. The highest BCUT2D eigenvalue weighted by Gasteiger charge is 2.28. The Hall–Kier alpha value is -1.65. The van der Waals surface area contributed by atoms with E-state index < -0.39 is 0 Å². The molecule has 1 saturated carbocycles. The van der Waals surface area contributed by atoms with E-state index in [1.54, 1.807) is 4.52 Å². The molecule has 1 aliphatic carbocycles. The minimum Gasteiger partial charge on any atom is -0.290 e. The summed E-state index contributed by atoms with van der Waals surface area (Å²) >= 11 is 0. The Balaban J connectivity index is 2.28. The van der Waals surface area contributed by atoms with Crippen LogP contribution < -0.4 is 5.56 Å². The molecule has 0 aromatic carbocycles. The standard InChI is InChI=1S/C12H16N4O/c1-6(2)9-7(3)16-12(14-11(9)17)13-10(15-16)8-4-5-8/h6,8H,4-5H2,1-3H3,(H,13,14,15,17). The van der Waals surface area contributed by atoms with E-state index in [1.807, 2.05) is 20.8 Å². The highest BCUT2D eigenvalue weighted by molar-refractivity contribution is 5.34. The van der Waals surface area contributed by atoms with E-state index in [2.05, 4.69) is 15.1 Å². The van der Waals surface area contributed by atoms with Gasteiger partial charge in [0, 0.05) is 11.5 Å². The van der Waals surface area contributed by atoms with Gasteiger partial charge in [-0.15, -0.1) is 5.10 Å². The van der Waals surface area contributed by atoms with Crippen LogP contribution in [0.15, 0.2) is 4.79 Å². The van der Waals surface area contributed by atoms with E-state index in [0.29, 0.717) is 11.7 Å². The predicted octanol–water partition coefficient (Wildman–Crippen LogP) is 1.73. The first-order valence-corrected chi connectivity index (χ1v) is 6.07. The molecule has 0 spiro atoms. The number of nitrogens with zero attached hydrogens (tertiary/aromatic N) is 3. The SMILES string of the molecule is Cc1c(C(C)C)c(=O)[nH]c2nc(C3CC3)nn12. The van der Waals surface area contributed by atoms with Crippen molar-refractivity contribution in [3.63, 3.8) is 0 Å². The van der Waals surface area contributed by atoms with Crippen LogP contribution in [0, 0.1) is 6.92 Å². The van der Waals surface area contributed by atoms with Gasteiger partial charge >= 0.3 is 0 Å². The zero-order valence-corrected chi connectivity index (χ0v) is 10.3. The van der Waals surface area contributed by atoms with Gasteiger partial charge in [-0.2, -0.15) is 4.98 Å². The molecule has 3 rings (SSSR count). The molecule has 5 nitrogen and oxygen atoms in total. The van der Waals surface area contributed by atoms with Gasteiger partial charge in [0.1, 0.15) is 0 Å². The van der Waals surface area contributed by atoms with E-state index in [4.69, 9.17) is 0 Å². The minimum absolute atomic E-state index is 0.0419. The summed E-state index contributed by atoms with van der Waals surface area (Å²) in [7, 11) is 0. The van der Waals surface area contributed by atoms with Crippen molar-refractivity contribution in [3.8, 4) is 0 Å². The topological polar surface area (TPSA) is 63.0 Å². The maximum absolute atomic E-state index is 12.0. The molecule has 0 atom stereocenters. The third-order valence-corrected chi connectivity index (χ3v) is 3.32. The average Bonchev–Trinajstić information content (AvgIpc) is 2.99. The quantitative estimate of drug-likeness (QED) is 0.857. The summed E-state index contributed by atoms with van der Waals surface area (Å²) in [6, 6.07) is 0. The molecule has 1 aliphatic rings. The summed E-state index contributed by atoms with van der Waals surface area (Å²) in [5.74, 6) is 2.13. The van der Waals surface area contributed by atoms with Crippen LogP contribution in [0.5, 0.6) is 0 Å². The van der Waals surface area contributed by atoms with Crippen LogP contribution in [-0.2, 0) is 0 Å². The van der Waals surface area contributed by atoms with E-state index in [0.717, 1.165) is 29.9 Å². The van der Waals surface area contributed by atoms with Crippen LogP contribution in [-0.4, -0.2) is 19.6 Å². The van der Waals surface area contributed by atoms with E-state index in [1.165, 1.54) is 0 Å². The lowest BCUT2D eigenvalue weighted by atomic mass is 10.0. The highest BCUT2D eigenvalue weighted by atomic mass is 16.1. The van der Waals surface area contributed by atoms with Crippen molar-refractivity contribution in [1.29, 1.82) is 0 Å². The first-order valence-electron chi connectivity index (χ1n) is 6.07. The Morgan fingerprint density at radius 1 is 1.41 bits per heavy atom. The Bertz CT molecular complexity index is 634. The van der Waals surface area contributed by atoms with Crippen molar-refractivity contribution in [1.82, 2.24) is 19.6 Å². The fraction of sp³-hybridized carbons (Fsp3) is 0.583. The molecule has 1 fully saturated rings. The van der Waals surface area contributed by atoms with Gasteiger partial charge in [-0.3, -0.25) is 9.78 Å². The molecule has 2 aromatic heterocycles. The summed E-state index contributed by atoms with van der Waals surface area (Å²) in [6.45, 7) is 5.97. The predicted molar refractivity (Wildman–Crippen MR) is 64.4 cm³/mol. The normalized spacial score (nSPS) is 16.0. The van der Waals surface area contributed by atoms with Gasteiger partial charge < -0.3 is 0 Å². The largest absolute Gasteiger partial charge is 0.290 e. The van der Waals surface area contributed by atoms with Gasteiger partial charge in [-0.05, 0) is 25.7 Å². The molecule has 0 bridgehead atoms. The van der Waals surface area contributed by atoms with E-state index >= 15 is 0 Å². The number of aromatic nitrogens is 4. The smallest absolute Gasteiger partial charge is 0.256 e. The van der Waals surface area contributed by atoms with Crippen molar-refractivity contribution in [3.05, 3.63) is 27.4 Å². The van der Waals surface area contributed by atoms with Crippen LogP contribution in [0.1, 0.15) is 55.6 Å². The number of rotatable bonds is 2. The Labute approximate surface area is 98.9 Å². The molecule has 0 saturated heterocycles. The highest BCUT2D eigenvalue weighted by Crippen LogP contribution is 2.38. The third-order valence-electron chi connectivity index (χ3n) is 3.32. The number of hydrogen-bond donors (Lipinski definition) is 1. The first kappa shape index (κ1) is 10.5. The van der Waals surface area contributed by atoms with Crippen LogP contribution in [0.25, 0.3) is 5.78 Å². The molecule has 2 aromatic rings. The number of H-pyrrole nitrogens is 1. The van der Waals surface area contributed by atoms with Crippen molar-refractivity contribution in [2.45, 2.75) is 45.4 Å². The zero-order valence-electron chi connectivity index (χ0n) is 10.3. The van der Waals surface area contributed by atoms with Crippen LogP contribution in [0.4, 0.5) is 0 Å². The van der Waals surface area contributed by atoms with Crippen LogP contribution >= 0.6 is 0 Å². The molecular weight excluding hydrogens is 216 g/mol. The van der Waals surface area contributed by atoms with E-state index in [-0.39, 0.29) is 11.5 Å². The maximum Gasteiger partial charge on any atom is 0.256 e. The second-order valence-electron chi connectivity index (χ2n) is 5.09. The molecule has 17 heavy (non-hydrogen) atoms. The third kappa shape index (κ3) is 1.57. The molecule has 1 N–H and O–H groups in total. The number of aromatic amines is 1. The van der Waals surface area contributed by atoms with Gasteiger partial charge in [0.05, 0.1) is 5.69 Å². The van der Waals surface area contributed by atoms with Gasteiger partial charge in [0.15, 0.2) is 5.82 Å². The lowest BCUT2D eigenvalue weighted by Crippen LogP contribution is -2.19. The number of hydrogen-bond acceptors (Lipinski definition) is 3. The summed E-state index contributed by atoms with van der Waals surface area (Å²) in [6.07, 6.45) is 2.33. The second-order valence-corrected chi connectivity index (χ2v) is 5.09. The summed E-state index contributed by atoms with van der Waals surface area (Å²) < 4.78 is 1.77. The van der Waals surface area contributed by atoms with Crippen molar-refractivity contribution in [2.75, 3.05) is 0 Å².